The minimum atomic E-state index is -0.930. The zero-order chi connectivity index (χ0) is 19.9. The zero-order valence-electron chi connectivity index (χ0n) is 15.2. The fraction of sp³-hybridized carbons (Fsp3) is 0.238. The van der Waals surface area contributed by atoms with Crippen LogP contribution >= 0.6 is 11.6 Å². The third-order valence-corrected chi connectivity index (χ3v) is 4.87. The Balaban J connectivity index is 2.23. The number of hydrogen-bond donors (Lipinski definition) is 1. The van der Waals surface area contributed by atoms with Crippen LogP contribution in [0.5, 0.6) is 0 Å². The van der Waals surface area contributed by atoms with Gasteiger partial charge >= 0.3 is 0 Å². The minimum Gasteiger partial charge on any atom is -0.503 e. The highest BCUT2D eigenvalue weighted by atomic mass is 35.5. The van der Waals surface area contributed by atoms with Gasteiger partial charge in [-0.2, -0.15) is 0 Å². The van der Waals surface area contributed by atoms with Crippen molar-refractivity contribution in [1.29, 1.82) is 0 Å². The Kier molecular flexibility index (Phi) is 5.07. The number of aliphatic hydroxyl groups excluding tert-OH is 1. The van der Waals surface area contributed by atoms with Gasteiger partial charge in [0, 0.05) is 5.92 Å². The molecule has 0 fully saturated rings. The molecule has 0 saturated heterocycles. The number of halogens is 2. The number of benzene rings is 2. The van der Waals surface area contributed by atoms with Gasteiger partial charge in [0.15, 0.2) is 17.4 Å². The average molecular weight is 388 g/mol. The predicted molar refractivity (Wildman–Crippen MR) is 102 cm³/mol. The summed E-state index contributed by atoms with van der Waals surface area (Å²) in [6.07, 6.45) is 0. The van der Waals surface area contributed by atoms with E-state index in [-0.39, 0.29) is 22.1 Å². The van der Waals surface area contributed by atoms with E-state index in [1.54, 1.807) is 26.0 Å². The zero-order valence-corrected chi connectivity index (χ0v) is 15.9. The number of Topliss-reactive ketones (excluding diaryl/α,β-unsaturated/α-hetero) is 1. The second kappa shape index (κ2) is 7.16. The van der Waals surface area contributed by atoms with Gasteiger partial charge in [0.2, 0.25) is 0 Å². The van der Waals surface area contributed by atoms with Crippen LogP contribution in [0.3, 0.4) is 0 Å². The summed E-state index contributed by atoms with van der Waals surface area (Å²) in [7, 11) is 0. The molecule has 1 amide bonds. The summed E-state index contributed by atoms with van der Waals surface area (Å²) in [6, 6.07) is 10.5. The van der Waals surface area contributed by atoms with Crippen LogP contribution in [-0.4, -0.2) is 16.8 Å². The third-order valence-electron chi connectivity index (χ3n) is 4.58. The lowest BCUT2D eigenvalue weighted by atomic mass is 9.91. The molecule has 1 N–H and O–H groups in total. The summed E-state index contributed by atoms with van der Waals surface area (Å²) in [5, 5.41) is 10.3. The molecule has 1 heterocycles. The summed E-state index contributed by atoms with van der Waals surface area (Å²) in [5.41, 5.74) is 1.48. The van der Waals surface area contributed by atoms with Crippen LogP contribution in [0.4, 0.5) is 10.1 Å². The van der Waals surface area contributed by atoms with Gasteiger partial charge in [0.1, 0.15) is 0 Å². The first kappa shape index (κ1) is 19.1. The minimum absolute atomic E-state index is 0.0294. The number of carbonyl (C=O) groups excluding carboxylic acids is 2. The molecule has 1 aliphatic rings. The maximum Gasteiger partial charge on any atom is 0.294 e. The van der Waals surface area contributed by atoms with Crippen LogP contribution in [0, 0.1) is 18.7 Å². The van der Waals surface area contributed by atoms with E-state index in [4.69, 9.17) is 11.6 Å². The summed E-state index contributed by atoms with van der Waals surface area (Å²) in [6.45, 7) is 5.27. The van der Waals surface area contributed by atoms with E-state index in [0.717, 1.165) is 10.5 Å². The molecule has 0 saturated carbocycles. The number of aliphatic hydroxyl groups is 1. The van der Waals surface area contributed by atoms with Gasteiger partial charge in [0.05, 0.1) is 22.3 Å². The average Bonchev–Trinajstić information content (AvgIpc) is 2.89. The van der Waals surface area contributed by atoms with Crippen molar-refractivity contribution in [2.75, 3.05) is 4.90 Å². The van der Waals surface area contributed by atoms with Crippen molar-refractivity contribution in [3.05, 3.63) is 75.8 Å². The lowest BCUT2D eigenvalue weighted by Gasteiger charge is -2.28. The van der Waals surface area contributed by atoms with Crippen molar-refractivity contribution in [3.63, 3.8) is 0 Å². The highest BCUT2D eigenvalue weighted by Crippen LogP contribution is 2.43. The summed E-state index contributed by atoms with van der Waals surface area (Å²) < 4.78 is 14.7. The van der Waals surface area contributed by atoms with Crippen molar-refractivity contribution >= 4 is 29.0 Å². The van der Waals surface area contributed by atoms with Crippen LogP contribution in [-0.2, 0) is 9.59 Å². The number of carbonyl (C=O) groups is 2. The van der Waals surface area contributed by atoms with Gasteiger partial charge in [0.25, 0.3) is 5.91 Å². The second-order valence-electron chi connectivity index (χ2n) is 6.84. The summed E-state index contributed by atoms with van der Waals surface area (Å²) in [4.78, 5) is 26.7. The number of nitrogens with zero attached hydrogens (tertiary/aromatic N) is 1. The van der Waals surface area contributed by atoms with E-state index in [2.05, 4.69) is 0 Å². The first-order chi connectivity index (χ1) is 12.7. The molecule has 140 valence electrons. The predicted octanol–water partition coefficient (Wildman–Crippen LogP) is 4.91. The standard InChI is InChI=1S/C21H19ClFNO3/c1-11(2)19(25)16-18(13-9-7-12(3)8-10-13)24(21(27)20(16)26)15-6-4-5-14(22)17(15)23/h4-11,18,26H,1-3H3. The van der Waals surface area contributed by atoms with Crippen molar-refractivity contribution in [3.8, 4) is 0 Å². The number of aryl methyl sites for hydroxylation is 1. The smallest absolute Gasteiger partial charge is 0.294 e. The molecule has 0 aromatic heterocycles. The fourth-order valence-corrected chi connectivity index (χ4v) is 3.33. The van der Waals surface area contributed by atoms with E-state index in [9.17, 15) is 19.1 Å². The summed E-state index contributed by atoms with van der Waals surface area (Å²) in [5.74, 6) is -3.07. The van der Waals surface area contributed by atoms with Crippen molar-refractivity contribution in [1.82, 2.24) is 0 Å². The normalized spacial score (nSPS) is 17.2. The van der Waals surface area contributed by atoms with Crippen LogP contribution in [0.15, 0.2) is 53.8 Å². The Morgan fingerprint density at radius 2 is 1.81 bits per heavy atom. The Labute approximate surface area is 161 Å². The van der Waals surface area contributed by atoms with Crippen LogP contribution < -0.4 is 4.90 Å². The Morgan fingerprint density at radius 1 is 1.19 bits per heavy atom. The Morgan fingerprint density at radius 3 is 2.41 bits per heavy atom. The van der Waals surface area contributed by atoms with E-state index < -0.39 is 29.4 Å². The van der Waals surface area contributed by atoms with Gasteiger partial charge < -0.3 is 5.11 Å². The molecule has 27 heavy (non-hydrogen) atoms. The number of anilines is 1. The highest BCUT2D eigenvalue weighted by Gasteiger charge is 2.45. The van der Waals surface area contributed by atoms with Crippen LogP contribution in [0.25, 0.3) is 0 Å². The van der Waals surface area contributed by atoms with Crippen LogP contribution in [0.1, 0.15) is 31.0 Å². The molecule has 2 aromatic carbocycles. The van der Waals surface area contributed by atoms with E-state index in [1.807, 2.05) is 19.1 Å². The van der Waals surface area contributed by atoms with Crippen molar-refractivity contribution in [2.24, 2.45) is 5.92 Å². The topological polar surface area (TPSA) is 57.6 Å². The monoisotopic (exact) mass is 387 g/mol. The SMILES string of the molecule is Cc1ccc(C2C(C(=O)C(C)C)=C(O)C(=O)N2c2cccc(Cl)c2F)cc1. The second-order valence-corrected chi connectivity index (χ2v) is 7.25. The number of rotatable bonds is 4. The van der Waals surface area contributed by atoms with Gasteiger partial charge in [-0.25, -0.2) is 4.39 Å². The van der Waals surface area contributed by atoms with Gasteiger partial charge in [-0.3, -0.25) is 14.5 Å². The molecule has 6 heteroatoms. The largest absolute Gasteiger partial charge is 0.503 e. The maximum atomic E-state index is 14.7. The lowest BCUT2D eigenvalue weighted by molar-refractivity contribution is -0.119. The highest BCUT2D eigenvalue weighted by molar-refractivity contribution is 6.31. The Hall–Kier alpha value is -2.66. The van der Waals surface area contributed by atoms with Crippen LogP contribution in [0.2, 0.25) is 5.02 Å². The first-order valence-electron chi connectivity index (χ1n) is 8.55. The molecule has 4 nitrogen and oxygen atoms in total. The maximum absolute atomic E-state index is 14.7. The van der Waals surface area contributed by atoms with Crippen molar-refractivity contribution in [2.45, 2.75) is 26.8 Å². The molecule has 2 aromatic rings. The van der Waals surface area contributed by atoms with Crippen molar-refractivity contribution < 1.29 is 19.1 Å². The molecule has 1 aliphatic heterocycles. The third kappa shape index (κ3) is 3.23. The number of hydrogen-bond acceptors (Lipinski definition) is 3. The number of ketones is 1. The molecule has 1 unspecified atom stereocenters. The quantitative estimate of drug-likeness (QED) is 0.810. The van der Waals surface area contributed by atoms with E-state index >= 15 is 0 Å². The molecular formula is C21H19ClFNO3. The first-order valence-corrected chi connectivity index (χ1v) is 8.93. The number of amides is 1. The molecule has 0 aliphatic carbocycles. The van der Waals surface area contributed by atoms with E-state index in [1.165, 1.54) is 18.2 Å². The Bertz CT molecular complexity index is 950. The van der Waals surface area contributed by atoms with Gasteiger partial charge in [-0.1, -0.05) is 61.3 Å². The van der Waals surface area contributed by atoms with E-state index in [0.29, 0.717) is 5.56 Å². The summed E-state index contributed by atoms with van der Waals surface area (Å²) >= 11 is 5.88. The molecule has 0 radical (unpaired) electrons. The molecule has 1 atom stereocenters. The lowest BCUT2D eigenvalue weighted by Crippen LogP contribution is -2.32. The molecular weight excluding hydrogens is 369 g/mol. The fourth-order valence-electron chi connectivity index (χ4n) is 3.16. The molecule has 0 bridgehead atoms. The van der Waals surface area contributed by atoms with Gasteiger partial charge in [-0.15, -0.1) is 0 Å². The molecule has 3 rings (SSSR count). The van der Waals surface area contributed by atoms with Gasteiger partial charge in [-0.05, 0) is 24.6 Å². The molecule has 0 spiro atoms.